The first kappa shape index (κ1) is 33.6. The topological polar surface area (TPSA) is 38.7 Å². The Morgan fingerprint density at radius 1 is 0.224 bits per heavy atom. The lowest BCUT2D eigenvalue weighted by atomic mass is 9.89. The van der Waals surface area contributed by atoms with Gasteiger partial charge in [-0.05, 0) is 82.5 Å². The molecule has 0 fully saturated rings. The monoisotopic (exact) mass is 737 g/mol. The van der Waals surface area contributed by atoms with Crippen LogP contribution in [0.25, 0.3) is 111 Å². The van der Waals surface area contributed by atoms with Crippen molar-refractivity contribution < 1.29 is 0 Å². The summed E-state index contributed by atoms with van der Waals surface area (Å²) in [5, 5.41) is 9.81. The van der Waals surface area contributed by atoms with Gasteiger partial charge in [-0.15, -0.1) is 0 Å². The van der Waals surface area contributed by atoms with Crippen LogP contribution in [-0.4, -0.2) is 15.0 Å². The molecule has 3 nitrogen and oxygen atoms in total. The number of aromatic nitrogens is 3. The Balaban J connectivity index is 1.11. The lowest BCUT2D eigenvalue weighted by molar-refractivity contribution is 1.07. The Labute approximate surface area is 336 Å². The molecule has 10 aromatic carbocycles. The zero-order valence-corrected chi connectivity index (χ0v) is 31.5. The van der Waals surface area contributed by atoms with Gasteiger partial charge < -0.3 is 0 Å². The standard InChI is InChI=1S/C55H35N3/c1-2-15-36(16-3-1)43-22-10-12-26-49(43)54-56-53(57-55(58-54)50-27-13-11-25-47(50)46-28-14-20-37-17-4-7-21-42(37)46)40-31-29-39(30-32-40)52-45-24-9-6-19-41(45)35-51-44-23-8-5-18-38(44)33-34-48(51)52/h1-35H. The minimum Gasteiger partial charge on any atom is -0.208 e. The Morgan fingerprint density at radius 3 is 1.47 bits per heavy atom. The lowest BCUT2D eigenvalue weighted by Crippen LogP contribution is -2.02. The fourth-order valence-corrected chi connectivity index (χ4v) is 8.58. The number of rotatable bonds is 6. The van der Waals surface area contributed by atoms with Gasteiger partial charge in [0.2, 0.25) is 0 Å². The maximum atomic E-state index is 5.29. The second kappa shape index (κ2) is 14.1. The smallest absolute Gasteiger partial charge is 0.164 e. The van der Waals surface area contributed by atoms with Gasteiger partial charge in [0.25, 0.3) is 0 Å². The van der Waals surface area contributed by atoms with Crippen molar-refractivity contribution in [1.82, 2.24) is 15.0 Å². The van der Waals surface area contributed by atoms with E-state index in [0.29, 0.717) is 17.5 Å². The van der Waals surface area contributed by atoms with Gasteiger partial charge in [-0.25, -0.2) is 15.0 Å². The van der Waals surface area contributed by atoms with Crippen molar-refractivity contribution >= 4 is 43.1 Å². The fraction of sp³-hybridized carbons (Fsp3) is 0. The molecule has 0 amide bonds. The van der Waals surface area contributed by atoms with Gasteiger partial charge in [0, 0.05) is 16.7 Å². The van der Waals surface area contributed by atoms with E-state index in [1.165, 1.54) is 48.7 Å². The highest BCUT2D eigenvalue weighted by molar-refractivity contribution is 6.20. The lowest BCUT2D eigenvalue weighted by Gasteiger charge is -2.16. The third-order valence-electron chi connectivity index (χ3n) is 11.3. The maximum absolute atomic E-state index is 5.29. The van der Waals surface area contributed by atoms with Gasteiger partial charge in [0.05, 0.1) is 0 Å². The Bertz CT molecular complexity index is 3330. The van der Waals surface area contributed by atoms with Crippen LogP contribution in [0.5, 0.6) is 0 Å². The highest BCUT2D eigenvalue weighted by Crippen LogP contribution is 2.41. The number of nitrogens with zero attached hydrogens (tertiary/aromatic N) is 3. The molecule has 58 heavy (non-hydrogen) atoms. The second-order valence-corrected chi connectivity index (χ2v) is 14.7. The van der Waals surface area contributed by atoms with Gasteiger partial charge in [0.1, 0.15) is 0 Å². The summed E-state index contributed by atoms with van der Waals surface area (Å²) in [6.45, 7) is 0. The van der Waals surface area contributed by atoms with Crippen LogP contribution in [0.1, 0.15) is 0 Å². The molecule has 0 bridgehead atoms. The van der Waals surface area contributed by atoms with Gasteiger partial charge in [-0.1, -0.05) is 206 Å². The van der Waals surface area contributed by atoms with E-state index in [0.717, 1.165) is 44.5 Å². The largest absolute Gasteiger partial charge is 0.208 e. The second-order valence-electron chi connectivity index (χ2n) is 14.7. The first-order valence-corrected chi connectivity index (χ1v) is 19.7. The van der Waals surface area contributed by atoms with Crippen LogP contribution in [0.3, 0.4) is 0 Å². The van der Waals surface area contributed by atoms with Crippen LogP contribution in [0.15, 0.2) is 212 Å². The molecule has 1 aromatic heterocycles. The molecular formula is C55H35N3. The van der Waals surface area contributed by atoms with Gasteiger partial charge in [0.15, 0.2) is 17.5 Å². The molecule has 0 radical (unpaired) electrons. The van der Waals surface area contributed by atoms with E-state index >= 15 is 0 Å². The normalized spacial score (nSPS) is 11.4. The minimum atomic E-state index is 0.621. The predicted molar refractivity (Wildman–Crippen MR) is 242 cm³/mol. The molecule has 0 aliphatic heterocycles. The van der Waals surface area contributed by atoms with Crippen LogP contribution in [0.4, 0.5) is 0 Å². The highest BCUT2D eigenvalue weighted by atomic mass is 15.0. The molecule has 0 N–H and O–H groups in total. The highest BCUT2D eigenvalue weighted by Gasteiger charge is 2.19. The minimum absolute atomic E-state index is 0.621. The molecule has 0 atom stereocenters. The van der Waals surface area contributed by atoms with E-state index in [4.69, 9.17) is 15.0 Å². The molecule has 1 heterocycles. The fourth-order valence-electron chi connectivity index (χ4n) is 8.58. The summed E-state index contributed by atoms with van der Waals surface area (Å²) in [6, 6.07) is 75.2. The van der Waals surface area contributed by atoms with E-state index in [-0.39, 0.29) is 0 Å². The summed E-state index contributed by atoms with van der Waals surface area (Å²) in [6.07, 6.45) is 0. The van der Waals surface area contributed by atoms with Crippen molar-refractivity contribution in [1.29, 1.82) is 0 Å². The van der Waals surface area contributed by atoms with E-state index in [1.807, 2.05) is 6.07 Å². The first-order valence-electron chi connectivity index (χ1n) is 19.7. The summed E-state index contributed by atoms with van der Waals surface area (Å²) >= 11 is 0. The molecule has 0 saturated heterocycles. The van der Waals surface area contributed by atoms with Crippen molar-refractivity contribution in [2.75, 3.05) is 0 Å². The average molecular weight is 738 g/mol. The predicted octanol–water partition coefficient (Wildman–Crippen LogP) is 14.5. The Morgan fingerprint density at radius 2 is 0.724 bits per heavy atom. The molecule has 3 heteroatoms. The van der Waals surface area contributed by atoms with E-state index in [9.17, 15) is 0 Å². The SMILES string of the molecule is c1ccc(-c2ccccc2-c2nc(-c3ccc(-c4c5ccccc5cc5c4ccc4ccccc45)cc3)nc(-c3ccccc3-c3cccc4ccccc34)n2)cc1. The van der Waals surface area contributed by atoms with Crippen molar-refractivity contribution in [3.05, 3.63) is 212 Å². The molecule has 0 saturated carbocycles. The molecule has 0 aliphatic carbocycles. The number of benzene rings is 10. The Hall–Kier alpha value is -7.75. The van der Waals surface area contributed by atoms with Crippen LogP contribution in [0.2, 0.25) is 0 Å². The van der Waals surface area contributed by atoms with E-state index in [1.54, 1.807) is 0 Å². The summed E-state index contributed by atoms with van der Waals surface area (Å²) in [5.74, 6) is 1.88. The number of fused-ring (bicyclic) bond motifs is 5. The molecule has 0 unspecified atom stereocenters. The first-order chi connectivity index (χ1) is 28.8. The zero-order chi connectivity index (χ0) is 38.4. The van der Waals surface area contributed by atoms with Crippen LogP contribution < -0.4 is 0 Å². The zero-order valence-electron chi connectivity index (χ0n) is 31.5. The van der Waals surface area contributed by atoms with Crippen LogP contribution in [-0.2, 0) is 0 Å². The van der Waals surface area contributed by atoms with E-state index < -0.39 is 0 Å². The van der Waals surface area contributed by atoms with Crippen molar-refractivity contribution in [3.8, 4) is 67.5 Å². The molecule has 270 valence electrons. The summed E-state index contributed by atoms with van der Waals surface area (Å²) in [7, 11) is 0. The average Bonchev–Trinajstić information content (AvgIpc) is 3.31. The van der Waals surface area contributed by atoms with Gasteiger partial charge in [-0.2, -0.15) is 0 Å². The molecule has 11 aromatic rings. The summed E-state index contributed by atoms with van der Waals surface area (Å²) in [4.78, 5) is 15.8. The molecular weight excluding hydrogens is 703 g/mol. The van der Waals surface area contributed by atoms with Crippen molar-refractivity contribution in [2.45, 2.75) is 0 Å². The summed E-state index contributed by atoms with van der Waals surface area (Å²) in [5.41, 5.74) is 9.58. The van der Waals surface area contributed by atoms with Gasteiger partial charge in [-0.3, -0.25) is 0 Å². The Kier molecular flexibility index (Phi) is 8.15. The quantitative estimate of drug-likeness (QED) is 0.126. The molecule has 0 aliphatic rings. The van der Waals surface area contributed by atoms with Crippen LogP contribution >= 0.6 is 0 Å². The summed E-state index contributed by atoms with van der Waals surface area (Å²) < 4.78 is 0. The van der Waals surface area contributed by atoms with Crippen molar-refractivity contribution in [3.63, 3.8) is 0 Å². The third-order valence-corrected chi connectivity index (χ3v) is 11.3. The van der Waals surface area contributed by atoms with Gasteiger partial charge >= 0.3 is 0 Å². The number of hydrogen-bond donors (Lipinski definition) is 0. The third kappa shape index (κ3) is 5.80. The van der Waals surface area contributed by atoms with Crippen LogP contribution in [0, 0.1) is 0 Å². The molecule has 11 rings (SSSR count). The number of hydrogen-bond acceptors (Lipinski definition) is 3. The molecule has 0 spiro atoms. The maximum Gasteiger partial charge on any atom is 0.164 e. The van der Waals surface area contributed by atoms with Crippen molar-refractivity contribution in [2.24, 2.45) is 0 Å². The van der Waals surface area contributed by atoms with E-state index in [2.05, 4.69) is 206 Å².